The Morgan fingerprint density at radius 2 is 1.96 bits per heavy atom. The highest BCUT2D eigenvalue weighted by Crippen LogP contribution is 2.28. The van der Waals surface area contributed by atoms with Gasteiger partial charge in [0.05, 0.1) is 26.3 Å². The molecule has 0 saturated carbocycles. The normalized spacial score (nSPS) is 11.6. The SMILES string of the molecule is COc1ccc(CCNC(=O)C(C)n2cc([N+](=O)[O-])c(OC)n2)cc1OC. The number of ether oxygens (including phenoxy) is 3. The molecule has 0 bridgehead atoms. The summed E-state index contributed by atoms with van der Waals surface area (Å²) >= 11 is 0. The highest BCUT2D eigenvalue weighted by atomic mass is 16.6. The summed E-state index contributed by atoms with van der Waals surface area (Å²) in [5, 5.41) is 17.7. The highest BCUT2D eigenvalue weighted by molar-refractivity contribution is 5.79. The van der Waals surface area contributed by atoms with Crippen LogP contribution in [0.4, 0.5) is 5.69 Å². The number of rotatable bonds is 9. The number of amides is 1. The number of nitro groups is 1. The van der Waals surface area contributed by atoms with Gasteiger partial charge in [-0.05, 0) is 31.0 Å². The zero-order chi connectivity index (χ0) is 20.0. The Hall–Kier alpha value is -3.30. The van der Waals surface area contributed by atoms with Crippen molar-refractivity contribution in [1.82, 2.24) is 15.1 Å². The lowest BCUT2D eigenvalue weighted by Crippen LogP contribution is -2.32. The van der Waals surface area contributed by atoms with Crippen molar-refractivity contribution in [1.29, 1.82) is 0 Å². The molecule has 1 aromatic carbocycles. The molecule has 1 unspecified atom stereocenters. The fourth-order valence-corrected chi connectivity index (χ4v) is 2.47. The fraction of sp³-hybridized carbons (Fsp3) is 0.412. The molecule has 146 valence electrons. The summed E-state index contributed by atoms with van der Waals surface area (Å²) in [7, 11) is 4.41. The van der Waals surface area contributed by atoms with Crippen molar-refractivity contribution in [2.75, 3.05) is 27.9 Å². The lowest BCUT2D eigenvalue weighted by molar-refractivity contribution is -0.385. The van der Waals surface area contributed by atoms with E-state index in [9.17, 15) is 14.9 Å². The molecule has 0 aliphatic rings. The first kappa shape index (κ1) is 20.0. The van der Waals surface area contributed by atoms with E-state index in [-0.39, 0.29) is 17.5 Å². The first-order valence-corrected chi connectivity index (χ1v) is 8.17. The molecule has 2 rings (SSSR count). The van der Waals surface area contributed by atoms with Crippen molar-refractivity contribution in [2.45, 2.75) is 19.4 Å². The van der Waals surface area contributed by atoms with E-state index in [1.165, 1.54) is 18.0 Å². The smallest absolute Gasteiger partial charge is 0.350 e. The lowest BCUT2D eigenvalue weighted by Gasteiger charge is -2.13. The van der Waals surface area contributed by atoms with E-state index in [2.05, 4.69) is 10.4 Å². The van der Waals surface area contributed by atoms with Gasteiger partial charge in [0.25, 0.3) is 0 Å². The number of nitrogens with one attached hydrogen (secondary N) is 1. The van der Waals surface area contributed by atoms with E-state index in [4.69, 9.17) is 14.2 Å². The quantitative estimate of drug-likeness (QED) is 0.521. The van der Waals surface area contributed by atoms with Gasteiger partial charge >= 0.3 is 11.6 Å². The van der Waals surface area contributed by atoms with Crippen molar-refractivity contribution in [3.05, 3.63) is 40.1 Å². The van der Waals surface area contributed by atoms with Crippen molar-refractivity contribution < 1.29 is 23.9 Å². The van der Waals surface area contributed by atoms with Gasteiger partial charge in [0.15, 0.2) is 11.5 Å². The first-order valence-electron chi connectivity index (χ1n) is 8.17. The van der Waals surface area contributed by atoms with Crippen LogP contribution in [0.5, 0.6) is 17.4 Å². The molecule has 10 heteroatoms. The number of hydrogen-bond donors (Lipinski definition) is 1. The second-order valence-corrected chi connectivity index (χ2v) is 5.67. The number of carbonyl (C=O) groups excluding carboxylic acids is 1. The van der Waals surface area contributed by atoms with E-state index in [1.807, 2.05) is 12.1 Å². The molecule has 0 spiro atoms. The molecule has 1 atom stereocenters. The number of aromatic nitrogens is 2. The molecule has 0 fully saturated rings. The lowest BCUT2D eigenvalue weighted by atomic mass is 10.1. The summed E-state index contributed by atoms with van der Waals surface area (Å²) in [5.41, 5.74) is 0.680. The summed E-state index contributed by atoms with van der Waals surface area (Å²) in [6.07, 6.45) is 1.76. The number of hydrogen-bond acceptors (Lipinski definition) is 7. The van der Waals surface area contributed by atoms with Gasteiger partial charge in [0.2, 0.25) is 5.91 Å². The minimum Gasteiger partial charge on any atom is -0.493 e. The zero-order valence-electron chi connectivity index (χ0n) is 15.6. The molecule has 0 aliphatic heterocycles. The van der Waals surface area contributed by atoms with Crippen molar-refractivity contribution in [3.8, 4) is 17.4 Å². The Morgan fingerprint density at radius 3 is 2.52 bits per heavy atom. The zero-order valence-corrected chi connectivity index (χ0v) is 15.6. The predicted molar refractivity (Wildman–Crippen MR) is 96.4 cm³/mol. The van der Waals surface area contributed by atoms with E-state index in [1.54, 1.807) is 27.2 Å². The van der Waals surface area contributed by atoms with Crippen LogP contribution >= 0.6 is 0 Å². The second kappa shape index (κ2) is 8.88. The monoisotopic (exact) mass is 378 g/mol. The Labute approximate surface area is 156 Å². The Balaban J connectivity index is 1.96. The molecular weight excluding hydrogens is 356 g/mol. The van der Waals surface area contributed by atoms with Gasteiger partial charge in [-0.15, -0.1) is 5.10 Å². The minimum absolute atomic E-state index is 0.134. The van der Waals surface area contributed by atoms with Crippen LogP contribution in [0.3, 0.4) is 0 Å². The molecule has 1 heterocycles. The summed E-state index contributed by atoms with van der Waals surface area (Å²) in [4.78, 5) is 22.7. The topological polar surface area (TPSA) is 118 Å². The van der Waals surface area contributed by atoms with Gasteiger partial charge in [-0.1, -0.05) is 6.07 Å². The van der Waals surface area contributed by atoms with Crippen LogP contribution in [-0.2, 0) is 11.2 Å². The largest absolute Gasteiger partial charge is 0.493 e. The third-order valence-corrected chi connectivity index (χ3v) is 4.01. The molecular formula is C17H22N4O6. The van der Waals surface area contributed by atoms with Gasteiger partial charge in [-0.25, -0.2) is 4.68 Å². The molecule has 1 N–H and O–H groups in total. The van der Waals surface area contributed by atoms with Gasteiger partial charge in [-0.2, -0.15) is 0 Å². The van der Waals surface area contributed by atoms with Gasteiger partial charge in [0.1, 0.15) is 12.2 Å². The molecule has 0 aliphatic carbocycles. The maximum Gasteiger partial charge on any atom is 0.350 e. The van der Waals surface area contributed by atoms with Crippen molar-refractivity contribution in [3.63, 3.8) is 0 Å². The first-order chi connectivity index (χ1) is 12.9. The third kappa shape index (κ3) is 4.66. The van der Waals surface area contributed by atoms with E-state index in [0.29, 0.717) is 24.5 Å². The third-order valence-electron chi connectivity index (χ3n) is 4.01. The number of benzene rings is 1. The highest BCUT2D eigenvalue weighted by Gasteiger charge is 2.25. The van der Waals surface area contributed by atoms with Crippen molar-refractivity contribution >= 4 is 11.6 Å². The summed E-state index contributed by atoms with van der Waals surface area (Å²) in [6, 6.07) is 4.81. The molecule has 0 saturated heterocycles. The van der Waals surface area contributed by atoms with Gasteiger partial charge < -0.3 is 19.5 Å². The average Bonchev–Trinajstić information content (AvgIpc) is 3.11. The summed E-state index contributed by atoms with van der Waals surface area (Å²) in [6.45, 7) is 1.99. The molecule has 27 heavy (non-hydrogen) atoms. The van der Waals surface area contributed by atoms with Crippen LogP contribution in [0.1, 0.15) is 18.5 Å². The van der Waals surface area contributed by atoms with Gasteiger partial charge in [-0.3, -0.25) is 14.9 Å². The van der Waals surface area contributed by atoms with Crippen LogP contribution in [0.25, 0.3) is 0 Å². The predicted octanol–water partition coefficient (Wildman–Crippen LogP) is 1.74. The molecule has 2 aromatic rings. The standard InChI is InChI=1S/C17H22N4O6/c1-11(20-10-13(21(23)24)17(19-20)27-4)16(22)18-8-7-12-5-6-14(25-2)15(9-12)26-3/h5-6,9-11H,7-8H2,1-4H3,(H,18,22). The van der Waals surface area contributed by atoms with E-state index in [0.717, 1.165) is 5.56 Å². The molecule has 0 radical (unpaired) electrons. The maximum atomic E-state index is 12.3. The summed E-state index contributed by atoms with van der Waals surface area (Å²) in [5.74, 6) is 0.805. The maximum absolute atomic E-state index is 12.3. The van der Waals surface area contributed by atoms with Crippen LogP contribution in [0.15, 0.2) is 24.4 Å². The van der Waals surface area contributed by atoms with E-state index >= 15 is 0 Å². The molecule has 1 amide bonds. The number of carbonyl (C=O) groups is 1. The average molecular weight is 378 g/mol. The van der Waals surface area contributed by atoms with E-state index < -0.39 is 11.0 Å². The fourth-order valence-electron chi connectivity index (χ4n) is 2.47. The Morgan fingerprint density at radius 1 is 1.26 bits per heavy atom. The van der Waals surface area contributed by atoms with Crippen LogP contribution in [0.2, 0.25) is 0 Å². The van der Waals surface area contributed by atoms with Crippen LogP contribution in [-0.4, -0.2) is 48.5 Å². The Bertz CT molecular complexity index is 820. The molecule has 10 nitrogen and oxygen atoms in total. The van der Waals surface area contributed by atoms with Crippen molar-refractivity contribution in [2.24, 2.45) is 0 Å². The van der Waals surface area contributed by atoms with Crippen LogP contribution < -0.4 is 19.5 Å². The van der Waals surface area contributed by atoms with Gasteiger partial charge in [0, 0.05) is 6.54 Å². The number of methoxy groups -OCH3 is 3. The minimum atomic E-state index is -0.724. The molecule has 1 aromatic heterocycles. The second-order valence-electron chi connectivity index (χ2n) is 5.67. The summed E-state index contributed by atoms with van der Waals surface area (Å²) < 4.78 is 16.5. The number of nitrogens with zero attached hydrogens (tertiary/aromatic N) is 3. The Kier molecular flexibility index (Phi) is 6.58. The van der Waals surface area contributed by atoms with Crippen LogP contribution in [0, 0.1) is 10.1 Å².